The van der Waals surface area contributed by atoms with Crippen molar-refractivity contribution in [2.75, 3.05) is 20.4 Å². The molecular weight excluding hydrogens is 197 g/mol. The molecule has 0 aliphatic heterocycles. The standard InChI is InChI=1S/C11H12FNO2/c1-14-10-5-9(8-13)6-11(7-10)15-4-2-3-12/h5-7H,2-4H2,1H3. The summed E-state index contributed by atoms with van der Waals surface area (Å²) in [6.07, 6.45) is 0.346. The maximum Gasteiger partial charge on any atom is 0.124 e. The van der Waals surface area contributed by atoms with Gasteiger partial charge in [-0.3, -0.25) is 4.39 Å². The molecule has 1 rings (SSSR count). The summed E-state index contributed by atoms with van der Waals surface area (Å²) in [5.41, 5.74) is 0.463. The maximum atomic E-state index is 11.8. The van der Waals surface area contributed by atoms with Crippen LogP contribution >= 0.6 is 0 Å². The van der Waals surface area contributed by atoms with Crippen LogP contribution in [0.1, 0.15) is 12.0 Å². The summed E-state index contributed by atoms with van der Waals surface area (Å²) >= 11 is 0. The number of nitriles is 1. The molecule has 0 amide bonds. The zero-order valence-corrected chi connectivity index (χ0v) is 8.50. The monoisotopic (exact) mass is 209 g/mol. The predicted octanol–water partition coefficient (Wildman–Crippen LogP) is 2.31. The van der Waals surface area contributed by atoms with Gasteiger partial charge in [0.2, 0.25) is 0 Å². The molecule has 0 atom stereocenters. The molecule has 4 heteroatoms. The third-order valence-electron chi connectivity index (χ3n) is 1.79. The third kappa shape index (κ3) is 3.47. The van der Waals surface area contributed by atoms with Crippen molar-refractivity contribution >= 4 is 0 Å². The van der Waals surface area contributed by atoms with Gasteiger partial charge in [0.1, 0.15) is 11.5 Å². The molecule has 0 saturated carbocycles. The number of hydrogen-bond donors (Lipinski definition) is 0. The molecule has 1 aromatic rings. The molecule has 3 nitrogen and oxygen atoms in total. The number of benzene rings is 1. The predicted molar refractivity (Wildman–Crippen MR) is 53.8 cm³/mol. The van der Waals surface area contributed by atoms with Gasteiger partial charge in [-0.25, -0.2) is 0 Å². The molecule has 1 aromatic carbocycles. The number of hydrogen-bond acceptors (Lipinski definition) is 3. The lowest BCUT2D eigenvalue weighted by molar-refractivity contribution is 0.288. The number of ether oxygens (including phenoxy) is 2. The zero-order chi connectivity index (χ0) is 11.1. The van der Waals surface area contributed by atoms with E-state index >= 15 is 0 Å². The Hall–Kier alpha value is -1.76. The summed E-state index contributed by atoms with van der Waals surface area (Å²) in [6.45, 7) is -0.108. The van der Waals surface area contributed by atoms with E-state index in [0.717, 1.165) is 0 Å². The van der Waals surface area contributed by atoms with Gasteiger partial charge in [0.15, 0.2) is 0 Å². The second-order valence-electron chi connectivity index (χ2n) is 2.90. The zero-order valence-electron chi connectivity index (χ0n) is 8.50. The van der Waals surface area contributed by atoms with E-state index in [4.69, 9.17) is 14.7 Å². The highest BCUT2D eigenvalue weighted by atomic mass is 19.1. The molecule has 0 bridgehead atoms. The van der Waals surface area contributed by atoms with Crippen molar-refractivity contribution < 1.29 is 13.9 Å². The van der Waals surface area contributed by atoms with E-state index in [2.05, 4.69) is 0 Å². The molecule has 80 valence electrons. The van der Waals surface area contributed by atoms with Gasteiger partial charge in [-0.2, -0.15) is 5.26 Å². The van der Waals surface area contributed by atoms with Gasteiger partial charge >= 0.3 is 0 Å². The fourth-order valence-corrected chi connectivity index (χ4v) is 1.08. The average molecular weight is 209 g/mol. The topological polar surface area (TPSA) is 42.2 Å². The Morgan fingerprint density at radius 3 is 2.67 bits per heavy atom. The van der Waals surface area contributed by atoms with E-state index in [1.165, 1.54) is 7.11 Å². The van der Waals surface area contributed by atoms with Crippen LogP contribution in [0.4, 0.5) is 4.39 Å². The molecule has 0 spiro atoms. The fraction of sp³-hybridized carbons (Fsp3) is 0.364. The maximum absolute atomic E-state index is 11.8. The largest absolute Gasteiger partial charge is 0.497 e. The first-order chi connectivity index (χ1) is 7.30. The van der Waals surface area contributed by atoms with E-state index in [9.17, 15) is 4.39 Å². The minimum absolute atomic E-state index is 0.300. The molecule has 15 heavy (non-hydrogen) atoms. The van der Waals surface area contributed by atoms with Crippen molar-refractivity contribution in [1.82, 2.24) is 0 Å². The van der Waals surface area contributed by atoms with Gasteiger partial charge in [0.25, 0.3) is 0 Å². The van der Waals surface area contributed by atoms with Crippen LogP contribution in [0.25, 0.3) is 0 Å². The lowest BCUT2D eigenvalue weighted by atomic mass is 10.2. The number of rotatable bonds is 5. The van der Waals surface area contributed by atoms with E-state index < -0.39 is 6.67 Å². The van der Waals surface area contributed by atoms with Gasteiger partial charge in [0.05, 0.1) is 32.0 Å². The van der Waals surface area contributed by atoms with Gasteiger partial charge in [0, 0.05) is 12.5 Å². The lowest BCUT2D eigenvalue weighted by Crippen LogP contribution is -1.98. The van der Waals surface area contributed by atoms with Crippen LogP contribution in [0.3, 0.4) is 0 Å². The van der Waals surface area contributed by atoms with Crippen molar-refractivity contribution in [2.45, 2.75) is 6.42 Å². The van der Waals surface area contributed by atoms with Crippen molar-refractivity contribution in [3.63, 3.8) is 0 Å². The SMILES string of the molecule is COc1cc(C#N)cc(OCCCF)c1. The first kappa shape index (κ1) is 11.3. The summed E-state index contributed by atoms with van der Waals surface area (Å²) in [5.74, 6) is 1.09. The average Bonchev–Trinajstić information content (AvgIpc) is 2.29. The minimum atomic E-state index is -0.408. The summed E-state index contributed by atoms with van der Waals surface area (Å²) in [5, 5.41) is 8.73. The molecule has 0 aromatic heterocycles. The summed E-state index contributed by atoms with van der Waals surface area (Å²) < 4.78 is 22.1. The molecule has 0 heterocycles. The Balaban J connectivity index is 2.74. The van der Waals surface area contributed by atoms with Gasteiger partial charge in [-0.05, 0) is 12.1 Å². The van der Waals surface area contributed by atoms with Crippen LogP contribution in [-0.2, 0) is 0 Å². The smallest absolute Gasteiger partial charge is 0.124 e. The quantitative estimate of drug-likeness (QED) is 0.699. The molecule has 0 unspecified atom stereocenters. The molecule has 0 aliphatic rings. The highest BCUT2D eigenvalue weighted by Crippen LogP contribution is 2.22. The van der Waals surface area contributed by atoms with Crippen molar-refractivity contribution in [3.8, 4) is 17.6 Å². The van der Waals surface area contributed by atoms with Crippen LogP contribution in [-0.4, -0.2) is 20.4 Å². The highest BCUT2D eigenvalue weighted by molar-refractivity contribution is 5.43. The molecule has 0 fully saturated rings. The van der Waals surface area contributed by atoms with Crippen molar-refractivity contribution in [1.29, 1.82) is 5.26 Å². The minimum Gasteiger partial charge on any atom is -0.497 e. The van der Waals surface area contributed by atoms with Crippen LogP contribution in [0.15, 0.2) is 18.2 Å². The Bertz CT molecular complexity index is 360. The van der Waals surface area contributed by atoms with E-state index in [1.807, 2.05) is 6.07 Å². The van der Waals surface area contributed by atoms with Crippen LogP contribution < -0.4 is 9.47 Å². The fourth-order valence-electron chi connectivity index (χ4n) is 1.08. The van der Waals surface area contributed by atoms with Crippen LogP contribution in [0, 0.1) is 11.3 Å². The molecule has 0 aliphatic carbocycles. The second kappa shape index (κ2) is 5.86. The number of nitrogens with zero attached hydrogens (tertiary/aromatic N) is 1. The Morgan fingerprint density at radius 2 is 2.07 bits per heavy atom. The summed E-state index contributed by atoms with van der Waals surface area (Å²) in [4.78, 5) is 0. The number of methoxy groups -OCH3 is 1. The first-order valence-electron chi connectivity index (χ1n) is 4.58. The molecule has 0 saturated heterocycles. The van der Waals surface area contributed by atoms with Crippen LogP contribution in [0.5, 0.6) is 11.5 Å². The van der Waals surface area contributed by atoms with E-state index in [0.29, 0.717) is 30.1 Å². The van der Waals surface area contributed by atoms with Crippen molar-refractivity contribution in [2.24, 2.45) is 0 Å². The normalized spacial score (nSPS) is 9.40. The van der Waals surface area contributed by atoms with Gasteiger partial charge in [-0.1, -0.05) is 0 Å². The van der Waals surface area contributed by atoms with Gasteiger partial charge in [-0.15, -0.1) is 0 Å². The highest BCUT2D eigenvalue weighted by Gasteiger charge is 2.01. The van der Waals surface area contributed by atoms with E-state index in [1.54, 1.807) is 18.2 Å². The molecule has 0 N–H and O–H groups in total. The first-order valence-corrected chi connectivity index (χ1v) is 4.58. The Labute approximate surface area is 88.0 Å². The van der Waals surface area contributed by atoms with Gasteiger partial charge < -0.3 is 9.47 Å². The second-order valence-corrected chi connectivity index (χ2v) is 2.90. The lowest BCUT2D eigenvalue weighted by Gasteiger charge is -2.07. The third-order valence-corrected chi connectivity index (χ3v) is 1.79. The summed E-state index contributed by atoms with van der Waals surface area (Å²) in [6, 6.07) is 6.88. The number of alkyl halides is 1. The Kier molecular flexibility index (Phi) is 4.42. The summed E-state index contributed by atoms with van der Waals surface area (Å²) in [7, 11) is 1.52. The number of halogens is 1. The van der Waals surface area contributed by atoms with E-state index in [-0.39, 0.29) is 0 Å². The van der Waals surface area contributed by atoms with Crippen LogP contribution in [0.2, 0.25) is 0 Å². The molecular formula is C11H12FNO2. The van der Waals surface area contributed by atoms with Crippen molar-refractivity contribution in [3.05, 3.63) is 23.8 Å². The molecule has 0 radical (unpaired) electrons. The Morgan fingerprint density at radius 1 is 1.33 bits per heavy atom.